The number of alkyl carbamates (subject to hydrolysis) is 1. The number of rotatable bonds is 7. The van der Waals surface area contributed by atoms with Crippen molar-refractivity contribution in [2.45, 2.75) is 39.1 Å². The van der Waals surface area contributed by atoms with E-state index in [4.69, 9.17) is 14.2 Å². The van der Waals surface area contributed by atoms with Crippen molar-refractivity contribution in [3.05, 3.63) is 53.0 Å². The van der Waals surface area contributed by atoms with Gasteiger partial charge in [0.05, 0.1) is 0 Å². The summed E-state index contributed by atoms with van der Waals surface area (Å²) < 4.78 is 15.8. The molecule has 0 atom stereocenters. The van der Waals surface area contributed by atoms with E-state index in [1.54, 1.807) is 17.8 Å². The van der Waals surface area contributed by atoms with Gasteiger partial charge in [-0.05, 0) is 18.4 Å². The maximum Gasteiger partial charge on any atom is 0.407 e. The van der Waals surface area contributed by atoms with E-state index in [9.17, 15) is 19.2 Å². The fourth-order valence-electron chi connectivity index (χ4n) is 2.76. The van der Waals surface area contributed by atoms with Crippen molar-refractivity contribution < 1.29 is 33.4 Å². The minimum absolute atomic E-state index is 0.0663. The number of nitrogens with one attached hydrogen (secondary N) is 1. The van der Waals surface area contributed by atoms with Gasteiger partial charge >= 0.3 is 6.09 Å². The molecule has 1 aromatic carbocycles. The van der Waals surface area contributed by atoms with Crippen LogP contribution in [0.5, 0.6) is 0 Å². The number of ether oxygens (including phenoxy) is 3. The van der Waals surface area contributed by atoms with Crippen LogP contribution in [0.2, 0.25) is 0 Å². The lowest BCUT2D eigenvalue weighted by Gasteiger charge is -2.36. The Morgan fingerprint density at radius 1 is 1.10 bits per heavy atom. The van der Waals surface area contributed by atoms with Gasteiger partial charge in [0.25, 0.3) is 0 Å². The summed E-state index contributed by atoms with van der Waals surface area (Å²) in [5, 5.41) is 2.56. The molecule has 0 saturated carbocycles. The number of carbonyl (C=O) groups is 1. The summed E-state index contributed by atoms with van der Waals surface area (Å²) in [6, 6.07) is 9.21. The smallest absolute Gasteiger partial charge is 0.407 e. The predicted molar refractivity (Wildman–Crippen MR) is 101 cm³/mol. The van der Waals surface area contributed by atoms with Gasteiger partial charge in [0, 0.05) is 26.0 Å². The van der Waals surface area contributed by atoms with Crippen LogP contribution in [-0.4, -0.2) is 36.2 Å². The van der Waals surface area contributed by atoms with Crippen LogP contribution in [0.4, 0.5) is 4.79 Å². The number of hydrogen-bond acceptors (Lipinski definition) is 7. The SMILES string of the molecule is CC1(C)OC(=C=O)C(C(=C=O)CCCNC(=O)OCc2ccccc2)C(=C=O)O1. The van der Waals surface area contributed by atoms with Crippen LogP contribution in [-0.2, 0) is 35.2 Å². The summed E-state index contributed by atoms with van der Waals surface area (Å²) in [6.07, 6.45) is -0.127. The lowest BCUT2D eigenvalue weighted by Crippen LogP contribution is -2.38. The van der Waals surface area contributed by atoms with Crippen molar-refractivity contribution in [2.24, 2.45) is 5.92 Å². The molecule has 1 aromatic rings. The van der Waals surface area contributed by atoms with E-state index in [-0.39, 0.29) is 36.7 Å². The highest BCUT2D eigenvalue weighted by molar-refractivity contribution is 5.68. The highest BCUT2D eigenvalue weighted by Crippen LogP contribution is 2.38. The summed E-state index contributed by atoms with van der Waals surface area (Å²) in [5.41, 5.74) is 0.923. The molecule has 1 fully saturated rings. The topological polar surface area (TPSA) is 108 Å². The molecule has 1 amide bonds. The first kappa shape index (κ1) is 21.7. The molecule has 1 heterocycles. The van der Waals surface area contributed by atoms with Crippen molar-refractivity contribution in [1.29, 1.82) is 0 Å². The zero-order chi connectivity index (χ0) is 21.3. The van der Waals surface area contributed by atoms with Crippen LogP contribution < -0.4 is 5.32 Å². The Morgan fingerprint density at radius 3 is 2.28 bits per heavy atom. The van der Waals surface area contributed by atoms with Gasteiger partial charge in [-0.2, -0.15) is 0 Å². The summed E-state index contributed by atoms with van der Waals surface area (Å²) in [5.74, 6) is 2.07. The molecular formula is C21H21NO7. The molecule has 0 aliphatic carbocycles. The molecule has 8 nitrogen and oxygen atoms in total. The lowest BCUT2D eigenvalue weighted by atomic mass is 9.91. The van der Waals surface area contributed by atoms with Gasteiger partial charge in [0.2, 0.25) is 17.3 Å². The molecule has 0 aromatic heterocycles. The fourth-order valence-corrected chi connectivity index (χ4v) is 2.76. The molecule has 0 spiro atoms. The zero-order valence-corrected chi connectivity index (χ0v) is 16.2. The molecule has 1 aliphatic rings. The Bertz CT molecular complexity index is 857. The van der Waals surface area contributed by atoms with Crippen LogP contribution in [0.25, 0.3) is 0 Å². The first-order chi connectivity index (χ1) is 13.9. The highest BCUT2D eigenvalue weighted by atomic mass is 16.7. The number of benzene rings is 1. The third-order valence-electron chi connectivity index (χ3n) is 4.02. The highest BCUT2D eigenvalue weighted by Gasteiger charge is 2.41. The summed E-state index contributed by atoms with van der Waals surface area (Å²) in [6.45, 7) is 3.36. The molecule has 1 aliphatic heterocycles. The Balaban J connectivity index is 1.87. The first-order valence-corrected chi connectivity index (χ1v) is 8.96. The second-order valence-electron chi connectivity index (χ2n) is 6.69. The van der Waals surface area contributed by atoms with Gasteiger partial charge in [-0.3, -0.25) is 0 Å². The lowest BCUT2D eigenvalue weighted by molar-refractivity contribution is -0.194. The molecular weight excluding hydrogens is 378 g/mol. The maximum atomic E-state index is 11.7. The van der Waals surface area contributed by atoms with Gasteiger partial charge in [-0.1, -0.05) is 30.3 Å². The molecule has 2 rings (SSSR count). The second-order valence-corrected chi connectivity index (χ2v) is 6.69. The predicted octanol–water partition coefficient (Wildman–Crippen LogP) is 2.28. The first-order valence-electron chi connectivity index (χ1n) is 8.96. The Kier molecular flexibility index (Phi) is 7.58. The van der Waals surface area contributed by atoms with Crippen LogP contribution in [0.15, 0.2) is 47.4 Å². The van der Waals surface area contributed by atoms with Crippen LogP contribution in [0.3, 0.4) is 0 Å². The van der Waals surface area contributed by atoms with Crippen LogP contribution in [0, 0.1) is 5.92 Å². The van der Waals surface area contributed by atoms with Crippen molar-refractivity contribution in [3.63, 3.8) is 0 Å². The van der Waals surface area contributed by atoms with Gasteiger partial charge in [-0.15, -0.1) is 0 Å². The average molecular weight is 399 g/mol. The maximum absolute atomic E-state index is 11.7. The van der Waals surface area contributed by atoms with Gasteiger partial charge in [-0.25, -0.2) is 19.2 Å². The normalized spacial score (nSPS) is 17.0. The van der Waals surface area contributed by atoms with E-state index in [0.717, 1.165) is 5.56 Å². The Labute approximate surface area is 167 Å². The van der Waals surface area contributed by atoms with Gasteiger partial charge in [0.15, 0.2) is 11.9 Å². The number of amides is 1. The summed E-state index contributed by atoms with van der Waals surface area (Å²) >= 11 is 0. The largest absolute Gasteiger partial charge is 0.445 e. The Hall–Kier alpha value is -3.56. The zero-order valence-electron chi connectivity index (χ0n) is 16.2. The van der Waals surface area contributed by atoms with Crippen LogP contribution >= 0.6 is 0 Å². The van der Waals surface area contributed by atoms with E-state index < -0.39 is 17.8 Å². The molecule has 8 heteroatoms. The Morgan fingerprint density at radius 2 is 1.72 bits per heavy atom. The fraction of sp³-hybridized carbons (Fsp3) is 0.381. The van der Waals surface area contributed by atoms with Crippen molar-refractivity contribution in [1.82, 2.24) is 5.32 Å². The molecule has 29 heavy (non-hydrogen) atoms. The van der Waals surface area contributed by atoms with E-state index >= 15 is 0 Å². The van der Waals surface area contributed by atoms with E-state index in [2.05, 4.69) is 5.32 Å². The van der Waals surface area contributed by atoms with E-state index in [1.165, 1.54) is 13.8 Å². The quantitative estimate of drug-likeness (QED) is 0.553. The third-order valence-corrected chi connectivity index (χ3v) is 4.02. The average Bonchev–Trinajstić information content (AvgIpc) is 2.72. The minimum atomic E-state index is -1.26. The summed E-state index contributed by atoms with van der Waals surface area (Å²) in [4.78, 5) is 45.6. The van der Waals surface area contributed by atoms with Gasteiger partial charge in [0.1, 0.15) is 18.5 Å². The molecule has 152 valence electrons. The van der Waals surface area contributed by atoms with E-state index in [0.29, 0.717) is 6.42 Å². The molecule has 0 unspecified atom stereocenters. The van der Waals surface area contributed by atoms with Crippen molar-refractivity contribution >= 4 is 23.9 Å². The standard InChI is InChI=1S/C21H21NO7/c1-21(2)28-17(12-24)19(18(13-25)29-21)16(11-23)9-6-10-22-20(26)27-14-15-7-4-3-5-8-15/h3-5,7-8,19H,6,9-10,14H2,1-2H3,(H,22,26). The van der Waals surface area contributed by atoms with Crippen molar-refractivity contribution in [2.75, 3.05) is 6.54 Å². The second kappa shape index (κ2) is 10.1. The molecule has 0 radical (unpaired) electrons. The van der Waals surface area contributed by atoms with Crippen molar-refractivity contribution in [3.8, 4) is 0 Å². The van der Waals surface area contributed by atoms with Gasteiger partial charge < -0.3 is 19.5 Å². The monoisotopic (exact) mass is 399 g/mol. The summed E-state index contributed by atoms with van der Waals surface area (Å²) in [7, 11) is 0. The molecule has 1 saturated heterocycles. The number of hydrogen-bond donors (Lipinski definition) is 1. The third kappa shape index (κ3) is 6.23. The molecule has 0 bridgehead atoms. The number of carbonyl (C=O) groups excluding carboxylic acids is 4. The minimum Gasteiger partial charge on any atom is -0.445 e. The van der Waals surface area contributed by atoms with E-state index in [1.807, 2.05) is 30.3 Å². The molecule has 1 N–H and O–H groups in total. The van der Waals surface area contributed by atoms with Crippen LogP contribution in [0.1, 0.15) is 32.3 Å².